The van der Waals surface area contributed by atoms with Gasteiger partial charge in [0, 0.05) is 44.8 Å². The van der Waals surface area contributed by atoms with Crippen LogP contribution < -0.4 is 14.9 Å². The lowest BCUT2D eigenvalue weighted by Crippen LogP contribution is -2.28. The first-order valence-corrected chi connectivity index (χ1v) is 15.7. The van der Waals surface area contributed by atoms with Crippen molar-refractivity contribution in [1.82, 2.24) is 24.8 Å². The van der Waals surface area contributed by atoms with Crippen molar-refractivity contribution in [1.29, 1.82) is 0 Å². The number of hydrogen-bond donors (Lipinski definition) is 3. The number of hydrogen-bond acceptors (Lipinski definition) is 10. The van der Waals surface area contributed by atoms with Crippen LogP contribution in [0.15, 0.2) is 36.8 Å². The van der Waals surface area contributed by atoms with Gasteiger partial charge in [-0.05, 0) is 61.3 Å². The highest BCUT2D eigenvalue weighted by molar-refractivity contribution is 7.92. The molecule has 1 unspecified atom stereocenters. The highest BCUT2D eigenvalue weighted by Gasteiger charge is 2.25. The summed E-state index contributed by atoms with van der Waals surface area (Å²) in [6.07, 6.45) is 10.7. The van der Waals surface area contributed by atoms with Gasteiger partial charge in [-0.2, -0.15) is 4.98 Å². The number of aromatic nitrogens is 4. The fraction of sp³-hybridized carbons (Fsp3) is 0.481. The largest absolute Gasteiger partial charge is 0.392 e. The second-order valence-electron chi connectivity index (χ2n) is 10.6. The summed E-state index contributed by atoms with van der Waals surface area (Å²) in [4.78, 5) is 19.7. The van der Waals surface area contributed by atoms with Crippen LogP contribution in [0.3, 0.4) is 0 Å². The van der Waals surface area contributed by atoms with Crippen molar-refractivity contribution in [2.45, 2.75) is 44.8 Å². The molecule has 1 fully saturated rings. The van der Waals surface area contributed by atoms with Gasteiger partial charge in [0.05, 0.1) is 25.1 Å². The minimum absolute atomic E-state index is 0. The van der Waals surface area contributed by atoms with E-state index < -0.39 is 10.0 Å². The van der Waals surface area contributed by atoms with Crippen molar-refractivity contribution in [3.63, 3.8) is 0 Å². The number of aliphatic hydroxyl groups excluding tert-OH is 1. The molecule has 0 bridgehead atoms. The van der Waals surface area contributed by atoms with Crippen molar-refractivity contribution in [3.8, 4) is 0 Å². The van der Waals surface area contributed by atoms with Crippen LogP contribution in [0.25, 0.3) is 0 Å². The molecule has 1 aromatic carbocycles. The molecule has 5 rings (SSSR count). The summed E-state index contributed by atoms with van der Waals surface area (Å²) >= 11 is 6.36. The third-order valence-electron chi connectivity index (χ3n) is 7.59. The molecule has 11 nitrogen and oxygen atoms in total. The van der Waals surface area contributed by atoms with Crippen LogP contribution in [0.4, 0.5) is 23.3 Å². The Morgan fingerprint density at radius 2 is 1.88 bits per heavy atom. The van der Waals surface area contributed by atoms with Crippen molar-refractivity contribution in [2.75, 3.05) is 47.9 Å². The molecule has 41 heavy (non-hydrogen) atoms. The van der Waals surface area contributed by atoms with Crippen LogP contribution >= 0.6 is 24.0 Å². The van der Waals surface area contributed by atoms with Gasteiger partial charge in [-0.3, -0.25) is 9.29 Å². The number of β-amino-alcohol motifs (C(OH)–C–C–N with tert-alkyl or cyclic N) is 1. The number of rotatable bonds is 9. The third-order valence-corrected chi connectivity index (χ3v) is 9.03. The Balaban J connectivity index is 0.00000387. The fourth-order valence-corrected chi connectivity index (χ4v) is 5.95. The van der Waals surface area contributed by atoms with E-state index >= 15 is 0 Å². The number of nitrogens with one attached hydrogen (secondary N) is 2. The van der Waals surface area contributed by atoms with Crippen LogP contribution in [0.5, 0.6) is 0 Å². The maximum atomic E-state index is 12.0. The van der Waals surface area contributed by atoms with Gasteiger partial charge < -0.3 is 20.6 Å². The van der Waals surface area contributed by atoms with Gasteiger partial charge in [0.15, 0.2) is 11.6 Å². The highest BCUT2D eigenvalue weighted by atomic mass is 35.5. The topological polar surface area (TPSA) is 136 Å². The molecule has 3 aromatic rings. The molecule has 1 aliphatic heterocycles. The SMILES string of the molecule is CN(c1nccnc1CNc1nc(Nc2ccc3c(c2)CCC(CN2CC[C@H](O)C2)CC3)ncc1Cl)S(C)(=O)=O.Cl. The maximum absolute atomic E-state index is 12.0. The Bertz CT molecular complexity index is 1460. The van der Waals surface area contributed by atoms with E-state index in [9.17, 15) is 13.5 Å². The summed E-state index contributed by atoms with van der Waals surface area (Å²) in [7, 11) is -2.07. The molecule has 222 valence electrons. The molecule has 3 N–H and O–H groups in total. The number of sulfonamides is 1. The molecule has 0 spiro atoms. The third kappa shape index (κ3) is 7.95. The first kappa shape index (κ1) is 31.2. The van der Waals surface area contributed by atoms with Gasteiger partial charge in [0.25, 0.3) is 0 Å². The molecule has 1 aliphatic carbocycles. The minimum Gasteiger partial charge on any atom is -0.392 e. The molecule has 0 amide bonds. The van der Waals surface area contributed by atoms with Crippen LogP contribution in [0.1, 0.15) is 36.1 Å². The van der Waals surface area contributed by atoms with Crippen LogP contribution in [0.2, 0.25) is 5.02 Å². The van der Waals surface area contributed by atoms with Gasteiger partial charge in [-0.1, -0.05) is 17.7 Å². The molecule has 2 aliphatic rings. The number of benzene rings is 1. The smallest absolute Gasteiger partial charge is 0.233 e. The normalized spacial score (nSPS) is 19.1. The summed E-state index contributed by atoms with van der Waals surface area (Å²) in [6, 6.07) is 6.41. The molecule has 3 heterocycles. The lowest BCUT2D eigenvalue weighted by Gasteiger charge is -2.22. The molecule has 0 saturated carbocycles. The summed E-state index contributed by atoms with van der Waals surface area (Å²) < 4.78 is 25.1. The number of fused-ring (bicyclic) bond motifs is 1. The van der Waals surface area contributed by atoms with Crippen molar-refractivity contribution < 1.29 is 13.5 Å². The lowest BCUT2D eigenvalue weighted by molar-refractivity contribution is 0.168. The van der Waals surface area contributed by atoms with Crippen molar-refractivity contribution in [2.24, 2.45) is 5.92 Å². The zero-order chi connectivity index (χ0) is 28.3. The number of nitrogens with zero attached hydrogens (tertiary/aromatic N) is 6. The zero-order valence-electron chi connectivity index (χ0n) is 23.1. The Morgan fingerprint density at radius 3 is 2.61 bits per heavy atom. The summed E-state index contributed by atoms with van der Waals surface area (Å²) in [5, 5.41) is 16.6. The summed E-state index contributed by atoms with van der Waals surface area (Å²) in [6.45, 7) is 3.02. The van der Waals surface area contributed by atoms with E-state index in [1.165, 1.54) is 36.8 Å². The second kappa shape index (κ2) is 13.5. The van der Waals surface area contributed by atoms with Gasteiger partial charge >= 0.3 is 0 Å². The first-order chi connectivity index (χ1) is 19.2. The Labute approximate surface area is 252 Å². The van der Waals surface area contributed by atoms with E-state index in [4.69, 9.17) is 11.6 Å². The molecule has 1 saturated heterocycles. The molecular formula is C27H36Cl2N8O3S. The van der Waals surface area contributed by atoms with Gasteiger partial charge in [-0.25, -0.2) is 18.4 Å². The number of halogens is 2. The number of aliphatic hydroxyl groups is 1. The predicted octanol–water partition coefficient (Wildman–Crippen LogP) is 3.65. The number of likely N-dealkylation sites (tertiary alicyclic amines) is 1. The maximum Gasteiger partial charge on any atom is 0.233 e. The number of aryl methyl sites for hydroxylation is 2. The lowest BCUT2D eigenvalue weighted by atomic mass is 9.99. The molecule has 0 radical (unpaired) electrons. The Hall–Kier alpha value is -2.77. The van der Waals surface area contributed by atoms with E-state index in [0.29, 0.717) is 28.4 Å². The van der Waals surface area contributed by atoms with Crippen molar-refractivity contribution >= 4 is 57.3 Å². The van der Waals surface area contributed by atoms with Crippen LogP contribution in [-0.4, -0.2) is 77.4 Å². The second-order valence-corrected chi connectivity index (χ2v) is 13.0. The standard InChI is InChI=1S/C27H35ClN8O3S.ClH/c1-35(40(2,38)39)26-24(29-10-11-30-26)15-31-25-23(28)14-32-27(34-25)33-21-8-7-19-5-3-18(4-6-20(19)13-21)16-36-12-9-22(37)17-36;/h7-8,10-11,13-14,18,22,37H,3-6,9,12,15-17H2,1-2H3,(H2,31,32,33,34);1H/t18?,22-;/m0./s1. The molecule has 2 atom stereocenters. The molecular weight excluding hydrogens is 587 g/mol. The molecule has 2 aromatic heterocycles. The quantitative estimate of drug-likeness (QED) is 0.303. The van der Waals surface area contributed by atoms with E-state index in [0.717, 1.165) is 68.0 Å². The molecule has 14 heteroatoms. The summed E-state index contributed by atoms with van der Waals surface area (Å²) in [5.74, 6) is 1.64. The van der Waals surface area contributed by atoms with Gasteiger partial charge in [0.2, 0.25) is 16.0 Å². The van der Waals surface area contributed by atoms with Gasteiger partial charge in [0.1, 0.15) is 10.7 Å². The van der Waals surface area contributed by atoms with E-state index in [2.05, 4.69) is 47.6 Å². The average molecular weight is 624 g/mol. The monoisotopic (exact) mass is 622 g/mol. The number of anilines is 4. The average Bonchev–Trinajstić information content (AvgIpc) is 3.23. The minimum atomic E-state index is -3.50. The Kier molecular flexibility index (Phi) is 10.2. The van der Waals surface area contributed by atoms with E-state index in [1.54, 1.807) is 0 Å². The highest BCUT2D eigenvalue weighted by Crippen LogP contribution is 2.30. The fourth-order valence-electron chi connectivity index (χ4n) is 5.32. The van der Waals surface area contributed by atoms with Gasteiger partial charge in [-0.15, -0.1) is 12.4 Å². The van der Waals surface area contributed by atoms with Crippen LogP contribution in [0, 0.1) is 5.92 Å². The van der Waals surface area contributed by atoms with Crippen molar-refractivity contribution in [3.05, 3.63) is 58.6 Å². The predicted molar refractivity (Wildman–Crippen MR) is 164 cm³/mol. The van der Waals surface area contributed by atoms with E-state index in [1.807, 2.05) is 6.07 Å². The summed E-state index contributed by atoms with van der Waals surface area (Å²) in [5.41, 5.74) is 4.06. The van der Waals surface area contributed by atoms with Crippen LogP contribution in [-0.2, 0) is 29.4 Å². The van der Waals surface area contributed by atoms with E-state index in [-0.39, 0.29) is 30.9 Å². The zero-order valence-corrected chi connectivity index (χ0v) is 25.5. The first-order valence-electron chi connectivity index (χ1n) is 13.4. The Morgan fingerprint density at radius 1 is 1.12 bits per heavy atom.